The van der Waals surface area contributed by atoms with Crippen LogP contribution in [0.15, 0.2) is 48.9 Å². The maximum atomic E-state index is 12.4. The molecule has 0 bridgehead atoms. The first-order valence-corrected chi connectivity index (χ1v) is 8.72. The van der Waals surface area contributed by atoms with E-state index in [9.17, 15) is 4.79 Å². The fourth-order valence-electron chi connectivity index (χ4n) is 3.24. The summed E-state index contributed by atoms with van der Waals surface area (Å²) in [6.07, 6.45) is 8.86. The van der Waals surface area contributed by atoms with Crippen LogP contribution in [-0.2, 0) is 6.54 Å². The van der Waals surface area contributed by atoms with Crippen molar-refractivity contribution >= 4 is 17.2 Å². The number of aromatic nitrogens is 3. The summed E-state index contributed by atoms with van der Waals surface area (Å²) < 4.78 is 1.60. The van der Waals surface area contributed by atoms with E-state index in [0.29, 0.717) is 17.8 Å². The molecule has 1 saturated heterocycles. The van der Waals surface area contributed by atoms with Crippen molar-refractivity contribution in [3.63, 3.8) is 0 Å². The zero-order valence-corrected chi connectivity index (χ0v) is 14.1. The molecule has 25 heavy (non-hydrogen) atoms. The lowest BCUT2D eigenvalue weighted by Gasteiger charge is -2.28. The summed E-state index contributed by atoms with van der Waals surface area (Å²) in [5, 5.41) is 7.09. The van der Waals surface area contributed by atoms with Crippen LogP contribution in [0.4, 0.5) is 5.69 Å². The molecule has 6 heteroatoms. The maximum absolute atomic E-state index is 12.4. The molecule has 3 aromatic rings. The number of anilines is 1. The number of rotatable bonds is 4. The van der Waals surface area contributed by atoms with Crippen molar-refractivity contribution in [2.24, 2.45) is 0 Å². The minimum atomic E-state index is -0.159. The summed E-state index contributed by atoms with van der Waals surface area (Å²) in [6.45, 7) is 2.76. The Hall–Kier alpha value is -2.89. The molecule has 1 fully saturated rings. The topological polar surface area (TPSA) is 62.5 Å². The van der Waals surface area contributed by atoms with Gasteiger partial charge < -0.3 is 10.2 Å². The van der Waals surface area contributed by atoms with Crippen LogP contribution < -0.4 is 10.2 Å². The quantitative estimate of drug-likeness (QED) is 0.796. The molecule has 3 heterocycles. The standard InChI is InChI=1S/C19H21N5O/c25-19(17-14-22-24-12-4-9-20-18(17)24)21-13-15-5-7-16(8-6-15)23-10-2-1-3-11-23/h4-9,12,14H,1-3,10-11,13H2,(H,21,25). The van der Waals surface area contributed by atoms with Gasteiger partial charge in [-0.2, -0.15) is 5.10 Å². The molecule has 1 aliphatic heterocycles. The number of fused-ring (bicyclic) bond motifs is 1. The first-order valence-electron chi connectivity index (χ1n) is 8.72. The Kier molecular flexibility index (Phi) is 4.33. The number of benzene rings is 1. The normalized spacial score (nSPS) is 14.6. The Labute approximate surface area is 146 Å². The van der Waals surface area contributed by atoms with Crippen LogP contribution in [0.25, 0.3) is 5.65 Å². The Morgan fingerprint density at radius 3 is 2.72 bits per heavy atom. The summed E-state index contributed by atoms with van der Waals surface area (Å²) in [4.78, 5) is 19.0. The number of carbonyl (C=O) groups is 1. The molecule has 128 valence electrons. The summed E-state index contributed by atoms with van der Waals surface area (Å²) in [5.41, 5.74) is 3.41. The van der Waals surface area contributed by atoms with Gasteiger partial charge in [-0.25, -0.2) is 9.50 Å². The van der Waals surface area contributed by atoms with Gasteiger partial charge in [-0.1, -0.05) is 12.1 Å². The molecule has 0 saturated carbocycles. The first-order chi connectivity index (χ1) is 12.3. The molecular formula is C19H21N5O. The minimum absolute atomic E-state index is 0.159. The van der Waals surface area contributed by atoms with Crippen LogP contribution in [0.3, 0.4) is 0 Å². The highest BCUT2D eigenvalue weighted by atomic mass is 16.1. The smallest absolute Gasteiger partial charge is 0.257 e. The predicted octanol–water partition coefficient (Wildman–Crippen LogP) is 2.65. The van der Waals surface area contributed by atoms with Gasteiger partial charge in [0.2, 0.25) is 0 Å². The number of hydrogen-bond donors (Lipinski definition) is 1. The van der Waals surface area contributed by atoms with Crippen LogP contribution in [0.1, 0.15) is 35.2 Å². The Balaban J connectivity index is 1.40. The van der Waals surface area contributed by atoms with Crippen molar-refractivity contribution in [2.75, 3.05) is 18.0 Å². The molecule has 1 amide bonds. The van der Waals surface area contributed by atoms with E-state index >= 15 is 0 Å². The molecule has 1 N–H and O–H groups in total. The van der Waals surface area contributed by atoms with Gasteiger partial charge in [0.1, 0.15) is 5.56 Å². The van der Waals surface area contributed by atoms with Crippen molar-refractivity contribution in [1.82, 2.24) is 19.9 Å². The molecule has 1 aliphatic rings. The molecule has 0 unspecified atom stereocenters. The van der Waals surface area contributed by atoms with E-state index in [1.807, 2.05) is 0 Å². The van der Waals surface area contributed by atoms with Gasteiger partial charge in [0.25, 0.3) is 5.91 Å². The van der Waals surface area contributed by atoms with Gasteiger partial charge in [-0.15, -0.1) is 0 Å². The Morgan fingerprint density at radius 1 is 1.12 bits per heavy atom. The van der Waals surface area contributed by atoms with Crippen LogP contribution in [0, 0.1) is 0 Å². The lowest BCUT2D eigenvalue weighted by molar-refractivity contribution is 0.0952. The third kappa shape index (κ3) is 3.33. The molecule has 2 aromatic heterocycles. The highest BCUT2D eigenvalue weighted by Gasteiger charge is 2.14. The third-order valence-corrected chi connectivity index (χ3v) is 4.63. The van der Waals surface area contributed by atoms with E-state index in [0.717, 1.165) is 18.7 Å². The van der Waals surface area contributed by atoms with Crippen LogP contribution in [0.2, 0.25) is 0 Å². The SMILES string of the molecule is O=C(NCc1ccc(N2CCCCC2)cc1)c1cnn2cccnc12. The van der Waals surface area contributed by atoms with Gasteiger partial charge in [0.05, 0.1) is 6.20 Å². The number of carbonyl (C=O) groups excluding carboxylic acids is 1. The molecule has 0 aliphatic carbocycles. The van der Waals surface area contributed by atoms with Gasteiger partial charge in [-0.3, -0.25) is 4.79 Å². The molecule has 4 rings (SSSR count). The number of hydrogen-bond acceptors (Lipinski definition) is 4. The molecule has 0 radical (unpaired) electrons. The number of nitrogens with zero attached hydrogens (tertiary/aromatic N) is 4. The molecule has 0 spiro atoms. The molecule has 6 nitrogen and oxygen atoms in total. The van der Waals surface area contributed by atoms with Crippen LogP contribution >= 0.6 is 0 Å². The number of nitrogens with one attached hydrogen (secondary N) is 1. The van der Waals surface area contributed by atoms with Gasteiger partial charge >= 0.3 is 0 Å². The van der Waals surface area contributed by atoms with Gasteiger partial charge in [-0.05, 0) is 43.0 Å². The van der Waals surface area contributed by atoms with E-state index in [4.69, 9.17) is 0 Å². The average molecular weight is 335 g/mol. The zero-order chi connectivity index (χ0) is 17.1. The fraction of sp³-hybridized carbons (Fsp3) is 0.316. The number of amides is 1. The predicted molar refractivity (Wildman–Crippen MR) is 96.7 cm³/mol. The fourth-order valence-corrected chi connectivity index (χ4v) is 3.24. The van der Waals surface area contributed by atoms with Crippen molar-refractivity contribution in [1.29, 1.82) is 0 Å². The largest absolute Gasteiger partial charge is 0.372 e. The van der Waals surface area contributed by atoms with Gasteiger partial charge in [0.15, 0.2) is 5.65 Å². The summed E-state index contributed by atoms with van der Waals surface area (Å²) >= 11 is 0. The molecule has 0 atom stereocenters. The summed E-state index contributed by atoms with van der Waals surface area (Å²) in [7, 11) is 0. The second-order valence-corrected chi connectivity index (χ2v) is 6.34. The monoisotopic (exact) mass is 335 g/mol. The Bertz CT molecular complexity index is 865. The van der Waals surface area contributed by atoms with Gasteiger partial charge in [0, 0.05) is 37.7 Å². The van der Waals surface area contributed by atoms with E-state index in [-0.39, 0.29) is 5.91 Å². The second kappa shape index (κ2) is 6.93. The Morgan fingerprint density at radius 2 is 1.92 bits per heavy atom. The summed E-state index contributed by atoms with van der Waals surface area (Å²) in [5.74, 6) is -0.159. The molecular weight excluding hydrogens is 314 g/mol. The highest BCUT2D eigenvalue weighted by Crippen LogP contribution is 2.20. The maximum Gasteiger partial charge on any atom is 0.257 e. The number of piperidine rings is 1. The third-order valence-electron chi connectivity index (χ3n) is 4.63. The van der Waals surface area contributed by atoms with Crippen molar-refractivity contribution in [2.45, 2.75) is 25.8 Å². The van der Waals surface area contributed by atoms with E-state index in [1.54, 1.807) is 29.2 Å². The van der Waals surface area contributed by atoms with Crippen LogP contribution in [0.5, 0.6) is 0 Å². The average Bonchev–Trinajstić information content (AvgIpc) is 3.11. The lowest BCUT2D eigenvalue weighted by Crippen LogP contribution is -2.29. The van der Waals surface area contributed by atoms with E-state index < -0.39 is 0 Å². The highest BCUT2D eigenvalue weighted by molar-refractivity contribution is 5.99. The van der Waals surface area contributed by atoms with Crippen molar-refractivity contribution < 1.29 is 4.79 Å². The first kappa shape index (κ1) is 15.6. The van der Waals surface area contributed by atoms with E-state index in [2.05, 4.69) is 44.6 Å². The minimum Gasteiger partial charge on any atom is -0.372 e. The van der Waals surface area contributed by atoms with Crippen LogP contribution in [-0.4, -0.2) is 33.6 Å². The zero-order valence-electron chi connectivity index (χ0n) is 14.1. The van der Waals surface area contributed by atoms with Crippen molar-refractivity contribution in [3.05, 3.63) is 60.0 Å². The van der Waals surface area contributed by atoms with Crippen molar-refractivity contribution in [3.8, 4) is 0 Å². The van der Waals surface area contributed by atoms with E-state index in [1.165, 1.54) is 24.9 Å². The second-order valence-electron chi connectivity index (χ2n) is 6.34. The molecule has 1 aromatic carbocycles. The summed E-state index contributed by atoms with van der Waals surface area (Å²) in [6, 6.07) is 10.2. The lowest BCUT2D eigenvalue weighted by atomic mass is 10.1.